The van der Waals surface area contributed by atoms with E-state index in [1.807, 2.05) is 0 Å². The minimum absolute atomic E-state index is 0.107. The van der Waals surface area contributed by atoms with Crippen molar-refractivity contribution in [3.05, 3.63) is 58.6 Å². The highest BCUT2D eigenvalue weighted by Crippen LogP contribution is 2.22. The Bertz CT molecular complexity index is 909. The number of phenolic OH excluding ortho intramolecular Hbond substituents is 1. The van der Waals surface area contributed by atoms with Crippen LogP contribution in [0.2, 0.25) is 5.02 Å². The van der Waals surface area contributed by atoms with Crippen LogP contribution in [-0.2, 0) is 14.8 Å². The number of ether oxygens (including phenoxy) is 1. The molecule has 0 aromatic heterocycles. The van der Waals surface area contributed by atoms with Crippen LogP contribution >= 0.6 is 11.6 Å². The Balaban J connectivity index is 1.99. The molecule has 0 aliphatic carbocycles. The second-order valence-corrected chi connectivity index (χ2v) is 7.30. The summed E-state index contributed by atoms with van der Waals surface area (Å²) >= 11 is 5.67. The summed E-state index contributed by atoms with van der Waals surface area (Å²) in [7, 11) is -3.41. The van der Waals surface area contributed by atoms with E-state index in [1.165, 1.54) is 42.5 Å². The lowest BCUT2D eigenvalue weighted by molar-refractivity contribution is 0.0472. The number of phenols is 1. The summed E-state index contributed by atoms with van der Waals surface area (Å²) < 4.78 is 29.4. The second kappa shape index (κ2) is 7.54. The van der Waals surface area contributed by atoms with Crippen LogP contribution in [0.4, 0.5) is 5.69 Å². The highest BCUT2D eigenvalue weighted by atomic mass is 35.5. The molecule has 7 nitrogen and oxygen atoms in total. The van der Waals surface area contributed by atoms with Crippen molar-refractivity contribution in [3.8, 4) is 5.75 Å². The van der Waals surface area contributed by atoms with Gasteiger partial charge in [0.2, 0.25) is 10.0 Å². The van der Waals surface area contributed by atoms with Crippen molar-refractivity contribution in [1.82, 2.24) is 0 Å². The van der Waals surface area contributed by atoms with Crippen molar-refractivity contribution in [2.45, 2.75) is 0 Å². The number of aromatic hydroxyl groups is 1. The number of rotatable bonds is 6. The predicted octanol–water partition coefficient (Wildman–Crippen LogP) is 2.46. The van der Waals surface area contributed by atoms with E-state index >= 15 is 0 Å². The molecule has 0 atom stereocenters. The Labute approximate surface area is 149 Å². The number of carbonyl (C=O) groups excluding carboxylic acids is 2. The van der Waals surface area contributed by atoms with Gasteiger partial charge in [0.05, 0.1) is 6.26 Å². The summed E-state index contributed by atoms with van der Waals surface area (Å²) in [5.74, 6) is -1.69. The van der Waals surface area contributed by atoms with Gasteiger partial charge in [0.1, 0.15) is 11.3 Å². The zero-order valence-corrected chi connectivity index (χ0v) is 14.6. The number of nitrogens with one attached hydrogen (secondary N) is 1. The fourth-order valence-electron chi connectivity index (χ4n) is 1.91. The van der Waals surface area contributed by atoms with E-state index in [-0.39, 0.29) is 21.9 Å². The van der Waals surface area contributed by atoms with E-state index in [2.05, 4.69) is 4.72 Å². The minimum Gasteiger partial charge on any atom is -0.507 e. The van der Waals surface area contributed by atoms with Gasteiger partial charge in [-0.25, -0.2) is 13.2 Å². The molecule has 0 fully saturated rings. The Morgan fingerprint density at radius 1 is 1.16 bits per heavy atom. The third-order valence-electron chi connectivity index (χ3n) is 3.02. The van der Waals surface area contributed by atoms with E-state index in [4.69, 9.17) is 16.3 Å². The fourth-order valence-corrected chi connectivity index (χ4v) is 2.64. The lowest BCUT2D eigenvalue weighted by Crippen LogP contribution is -2.14. The molecule has 0 bridgehead atoms. The SMILES string of the molecule is CS(=O)(=O)Nc1ccc(C(=O)COC(=O)c2ccc(Cl)cc2O)cc1. The maximum absolute atomic E-state index is 12.0. The van der Waals surface area contributed by atoms with Crippen LogP contribution in [0.1, 0.15) is 20.7 Å². The summed E-state index contributed by atoms with van der Waals surface area (Å²) in [6.07, 6.45) is 1.01. The van der Waals surface area contributed by atoms with Crippen LogP contribution in [0.3, 0.4) is 0 Å². The van der Waals surface area contributed by atoms with Crippen molar-refractivity contribution in [2.24, 2.45) is 0 Å². The number of carbonyl (C=O) groups is 2. The van der Waals surface area contributed by atoms with Crippen LogP contribution in [-0.4, -0.2) is 38.1 Å². The molecule has 0 unspecified atom stereocenters. The summed E-state index contributed by atoms with van der Waals surface area (Å²) in [4.78, 5) is 23.9. The van der Waals surface area contributed by atoms with Crippen molar-refractivity contribution in [2.75, 3.05) is 17.6 Å². The molecule has 2 N–H and O–H groups in total. The van der Waals surface area contributed by atoms with Crippen LogP contribution < -0.4 is 4.72 Å². The van der Waals surface area contributed by atoms with Crippen LogP contribution in [0.25, 0.3) is 0 Å². The average Bonchev–Trinajstić information content (AvgIpc) is 2.51. The van der Waals surface area contributed by atoms with Crippen LogP contribution in [0.15, 0.2) is 42.5 Å². The van der Waals surface area contributed by atoms with Gasteiger partial charge >= 0.3 is 5.97 Å². The van der Waals surface area contributed by atoms with Crippen molar-refractivity contribution < 1.29 is 27.9 Å². The zero-order chi connectivity index (χ0) is 18.6. The zero-order valence-electron chi connectivity index (χ0n) is 13.0. The van der Waals surface area contributed by atoms with Gasteiger partial charge in [-0.2, -0.15) is 0 Å². The van der Waals surface area contributed by atoms with E-state index in [0.717, 1.165) is 6.26 Å². The number of benzene rings is 2. The van der Waals surface area contributed by atoms with Crippen LogP contribution in [0, 0.1) is 0 Å². The molecule has 0 aliphatic heterocycles. The number of anilines is 1. The minimum atomic E-state index is -3.41. The first-order chi connectivity index (χ1) is 11.7. The Kier molecular flexibility index (Phi) is 5.66. The van der Waals surface area contributed by atoms with Crippen molar-refractivity contribution in [3.63, 3.8) is 0 Å². The smallest absolute Gasteiger partial charge is 0.342 e. The molecule has 0 heterocycles. The molecule has 0 radical (unpaired) electrons. The highest BCUT2D eigenvalue weighted by molar-refractivity contribution is 7.92. The lowest BCUT2D eigenvalue weighted by atomic mass is 10.1. The first-order valence-corrected chi connectivity index (χ1v) is 9.19. The molecule has 25 heavy (non-hydrogen) atoms. The maximum Gasteiger partial charge on any atom is 0.342 e. The molecule has 0 amide bonds. The predicted molar refractivity (Wildman–Crippen MR) is 92.6 cm³/mol. The van der Waals surface area contributed by atoms with Gasteiger partial charge in [-0.15, -0.1) is 0 Å². The van der Waals surface area contributed by atoms with Gasteiger partial charge in [0.25, 0.3) is 0 Å². The standard InChI is InChI=1S/C16H14ClNO6S/c1-25(22,23)18-12-5-2-10(3-6-12)15(20)9-24-16(21)13-7-4-11(17)8-14(13)19/h2-8,18-19H,9H2,1H3. The quantitative estimate of drug-likeness (QED) is 0.585. The van der Waals surface area contributed by atoms with Crippen molar-refractivity contribution >= 4 is 39.1 Å². The van der Waals surface area contributed by atoms with Gasteiger partial charge in [-0.05, 0) is 42.5 Å². The topological polar surface area (TPSA) is 110 Å². The number of sulfonamides is 1. The number of hydrogen-bond acceptors (Lipinski definition) is 6. The first kappa shape index (κ1) is 18.8. The number of Topliss-reactive ketones (excluding diaryl/α,β-unsaturated/α-hetero) is 1. The third-order valence-corrected chi connectivity index (χ3v) is 3.87. The molecule has 0 spiro atoms. The molecule has 0 saturated carbocycles. The average molecular weight is 384 g/mol. The molecule has 0 saturated heterocycles. The second-order valence-electron chi connectivity index (χ2n) is 5.11. The number of esters is 1. The molecule has 0 aliphatic rings. The normalized spacial score (nSPS) is 11.0. The van der Waals surface area contributed by atoms with E-state index in [1.54, 1.807) is 0 Å². The lowest BCUT2D eigenvalue weighted by Gasteiger charge is -2.07. The Morgan fingerprint density at radius 2 is 1.80 bits per heavy atom. The van der Waals surface area contributed by atoms with Crippen molar-refractivity contribution in [1.29, 1.82) is 0 Å². The first-order valence-electron chi connectivity index (χ1n) is 6.92. The van der Waals surface area contributed by atoms with Gasteiger partial charge in [-0.3, -0.25) is 9.52 Å². The summed E-state index contributed by atoms with van der Waals surface area (Å²) in [5, 5.41) is 9.90. The summed E-state index contributed by atoms with van der Waals surface area (Å²) in [5.41, 5.74) is 0.444. The molecule has 132 valence electrons. The Morgan fingerprint density at radius 3 is 2.36 bits per heavy atom. The molecule has 2 aromatic rings. The third kappa shape index (κ3) is 5.47. The van der Waals surface area contributed by atoms with Gasteiger partial charge < -0.3 is 9.84 Å². The molecular weight excluding hydrogens is 370 g/mol. The maximum atomic E-state index is 12.0. The monoisotopic (exact) mass is 383 g/mol. The Hall–Kier alpha value is -2.58. The van der Waals surface area contributed by atoms with E-state index in [9.17, 15) is 23.1 Å². The molecule has 2 aromatic carbocycles. The number of halogens is 1. The molecular formula is C16H14ClNO6S. The van der Waals surface area contributed by atoms with E-state index < -0.39 is 28.4 Å². The fraction of sp³-hybridized carbons (Fsp3) is 0.125. The van der Waals surface area contributed by atoms with Crippen LogP contribution in [0.5, 0.6) is 5.75 Å². The number of ketones is 1. The van der Waals surface area contributed by atoms with Gasteiger partial charge in [0.15, 0.2) is 12.4 Å². The molecule has 2 rings (SSSR count). The number of hydrogen-bond donors (Lipinski definition) is 2. The highest BCUT2D eigenvalue weighted by Gasteiger charge is 2.15. The van der Waals surface area contributed by atoms with E-state index in [0.29, 0.717) is 5.69 Å². The van der Waals surface area contributed by atoms with Gasteiger partial charge in [0, 0.05) is 16.3 Å². The molecule has 9 heteroatoms. The summed E-state index contributed by atoms with van der Waals surface area (Å²) in [6, 6.07) is 9.53. The summed E-state index contributed by atoms with van der Waals surface area (Å²) in [6.45, 7) is -0.528. The van der Waals surface area contributed by atoms with Gasteiger partial charge in [-0.1, -0.05) is 11.6 Å². The largest absolute Gasteiger partial charge is 0.507 e.